The first kappa shape index (κ1) is 25.7. The second kappa shape index (κ2) is 9.68. The Morgan fingerprint density at radius 2 is 1.85 bits per heavy atom. The van der Waals surface area contributed by atoms with Crippen LogP contribution in [0.1, 0.15) is 72.4 Å². The van der Waals surface area contributed by atoms with E-state index in [9.17, 15) is 14.7 Å². The van der Waals surface area contributed by atoms with Gasteiger partial charge in [-0.3, -0.25) is 9.59 Å². The normalized spacial score (nSPS) is 22.3. The number of nitrogens with zero attached hydrogens (tertiary/aromatic N) is 5. The molecule has 7 rings (SSSR count). The Morgan fingerprint density at radius 3 is 2.59 bits per heavy atom. The molecule has 9 heteroatoms. The predicted molar refractivity (Wildman–Crippen MR) is 153 cm³/mol. The van der Waals surface area contributed by atoms with Crippen molar-refractivity contribution in [2.75, 3.05) is 18.0 Å². The summed E-state index contributed by atoms with van der Waals surface area (Å²) in [6.07, 6.45) is 3.38. The number of amides is 1. The van der Waals surface area contributed by atoms with Crippen LogP contribution < -0.4 is 4.90 Å². The summed E-state index contributed by atoms with van der Waals surface area (Å²) in [5.41, 5.74) is 5.75. The van der Waals surface area contributed by atoms with Crippen LogP contribution in [0.3, 0.4) is 0 Å². The van der Waals surface area contributed by atoms with Gasteiger partial charge in [-0.2, -0.15) is 5.10 Å². The van der Waals surface area contributed by atoms with Gasteiger partial charge in [0.2, 0.25) is 0 Å². The summed E-state index contributed by atoms with van der Waals surface area (Å²) in [5.74, 6) is -1.52. The van der Waals surface area contributed by atoms with Crippen LogP contribution in [0.15, 0.2) is 54.6 Å². The number of carboxylic acids is 1. The number of aromatic nitrogens is 3. The Labute approximate surface area is 237 Å². The SMILES string of the molecule is CC1CC(C(=O)O)CN1c1ccc(-c2cc3nc(C(=O)N4CCc5ccccc5[C@H]4C)cc(C4CC4)n3n2)c(F)c1. The number of aliphatic carboxylic acids is 1. The van der Waals surface area contributed by atoms with Crippen LogP contribution in [0.4, 0.5) is 10.1 Å². The fourth-order valence-corrected chi connectivity index (χ4v) is 6.57. The highest BCUT2D eigenvalue weighted by atomic mass is 19.1. The maximum absolute atomic E-state index is 15.5. The van der Waals surface area contributed by atoms with Crippen LogP contribution in [-0.2, 0) is 11.2 Å². The van der Waals surface area contributed by atoms with E-state index >= 15 is 4.39 Å². The van der Waals surface area contributed by atoms with Crippen LogP contribution in [-0.4, -0.2) is 55.6 Å². The van der Waals surface area contributed by atoms with Crippen molar-refractivity contribution in [2.24, 2.45) is 5.92 Å². The average molecular weight is 554 g/mol. The number of carbonyl (C=O) groups is 2. The lowest BCUT2D eigenvalue weighted by atomic mass is 9.93. The van der Waals surface area contributed by atoms with Gasteiger partial charge in [-0.15, -0.1) is 0 Å². The van der Waals surface area contributed by atoms with Crippen LogP contribution in [0, 0.1) is 11.7 Å². The number of anilines is 1. The molecule has 4 heterocycles. The molecule has 0 bridgehead atoms. The minimum absolute atomic E-state index is 0.00824. The zero-order valence-corrected chi connectivity index (χ0v) is 23.1. The topological polar surface area (TPSA) is 91.0 Å². The number of halogens is 1. The molecule has 0 radical (unpaired) electrons. The molecule has 1 N–H and O–H groups in total. The van der Waals surface area contributed by atoms with Crippen molar-refractivity contribution < 1.29 is 19.1 Å². The van der Waals surface area contributed by atoms with Gasteiger partial charge in [0, 0.05) is 48.1 Å². The van der Waals surface area contributed by atoms with Gasteiger partial charge in [-0.1, -0.05) is 24.3 Å². The molecule has 2 fully saturated rings. The van der Waals surface area contributed by atoms with Crippen molar-refractivity contribution >= 4 is 23.2 Å². The molecule has 41 heavy (non-hydrogen) atoms. The number of hydrogen-bond acceptors (Lipinski definition) is 5. The smallest absolute Gasteiger partial charge is 0.308 e. The second-order valence-corrected chi connectivity index (χ2v) is 11.7. The van der Waals surface area contributed by atoms with E-state index in [-0.39, 0.29) is 18.0 Å². The van der Waals surface area contributed by atoms with Crippen molar-refractivity contribution in [3.05, 3.63) is 82.9 Å². The summed E-state index contributed by atoms with van der Waals surface area (Å²) in [7, 11) is 0. The Morgan fingerprint density at radius 1 is 1.05 bits per heavy atom. The van der Waals surface area contributed by atoms with Gasteiger partial charge in [-0.25, -0.2) is 13.9 Å². The summed E-state index contributed by atoms with van der Waals surface area (Å²) in [6, 6.07) is 16.8. The fraction of sp³-hybridized carbons (Fsp3) is 0.375. The minimum Gasteiger partial charge on any atom is -0.481 e. The molecule has 8 nitrogen and oxygen atoms in total. The van der Waals surface area contributed by atoms with Gasteiger partial charge in [-0.05, 0) is 74.9 Å². The zero-order chi connectivity index (χ0) is 28.4. The molecule has 2 aliphatic heterocycles. The fourth-order valence-electron chi connectivity index (χ4n) is 6.57. The summed E-state index contributed by atoms with van der Waals surface area (Å²) in [6.45, 7) is 5.01. The average Bonchev–Trinajstić information content (AvgIpc) is 3.60. The predicted octanol–water partition coefficient (Wildman–Crippen LogP) is 5.47. The van der Waals surface area contributed by atoms with Crippen LogP contribution in [0.5, 0.6) is 0 Å². The summed E-state index contributed by atoms with van der Waals surface area (Å²) >= 11 is 0. The van der Waals surface area contributed by atoms with Crippen LogP contribution >= 0.6 is 0 Å². The van der Waals surface area contributed by atoms with Crippen LogP contribution in [0.2, 0.25) is 0 Å². The van der Waals surface area contributed by atoms with E-state index in [0.29, 0.717) is 53.7 Å². The van der Waals surface area contributed by atoms with Gasteiger partial charge in [0.25, 0.3) is 5.91 Å². The Kier molecular flexibility index (Phi) is 6.06. The van der Waals surface area contributed by atoms with Gasteiger partial charge >= 0.3 is 5.97 Å². The number of carbonyl (C=O) groups excluding carboxylic acids is 1. The van der Waals surface area contributed by atoms with Crippen molar-refractivity contribution in [3.63, 3.8) is 0 Å². The number of fused-ring (bicyclic) bond motifs is 2. The van der Waals surface area contributed by atoms with Gasteiger partial charge < -0.3 is 14.9 Å². The van der Waals surface area contributed by atoms with Gasteiger partial charge in [0.05, 0.1) is 17.7 Å². The monoisotopic (exact) mass is 553 g/mol. The molecular formula is C32H32FN5O3. The lowest BCUT2D eigenvalue weighted by Crippen LogP contribution is -2.39. The van der Waals surface area contributed by atoms with Crippen molar-refractivity contribution in [1.82, 2.24) is 19.5 Å². The molecule has 3 atom stereocenters. The molecule has 0 spiro atoms. The Bertz CT molecular complexity index is 1700. The highest BCUT2D eigenvalue weighted by molar-refractivity contribution is 5.93. The van der Waals surface area contributed by atoms with E-state index in [2.05, 4.69) is 19.1 Å². The van der Waals surface area contributed by atoms with E-state index in [1.165, 1.54) is 17.2 Å². The van der Waals surface area contributed by atoms with Gasteiger partial charge in [0.15, 0.2) is 5.65 Å². The summed E-state index contributed by atoms with van der Waals surface area (Å²) in [5, 5.41) is 14.2. The molecule has 1 saturated heterocycles. The molecule has 3 aliphatic rings. The first-order chi connectivity index (χ1) is 19.8. The molecular weight excluding hydrogens is 521 g/mol. The highest BCUT2D eigenvalue weighted by Gasteiger charge is 2.35. The van der Waals surface area contributed by atoms with Crippen molar-refractivity contribution in [1.29, 1.82) is 0 Å². The van der Waals surface area contributed by atoms with E-state index < -0.39 is 17.7 Å². The van der Waals surface area contributed by atoms with Gasteiger partial charge in [0.1, 0.15) is 11.5 Å². The second-order valence-electron chi connectivity index (χ2n) is 11.7. The third-order valence-electron chi connectivity index (χ3n) is 9.01. The minimum atomic E-state index is -0.822. The Hall–Kier alpha value is -4.27. The van der Waals surface area contributed by atoms with E-state index in [0.717, 1.165) is 25.0 Å². The molecule has 2 aromatic carbocycles. The zero-order valence-electron chi connectivity index (χ0n) is 23.1. The molecule has 1 amide bonds. The molecule has 2 aromatic heterocycles. The lowest BCUT2D eigenvalue weighted by Gasteiger charge is -2.35. The number of carboxylic acid groups (broad SMARTS) is 1. The third kappa shape index (κ3) is 4.44. The maximum atomic E-state index is 15.5. The summed E-state index contributed by atoms with van der Waals surface area (Å²) < 4.78 is 17.3. The standard InChI is InChI=1S/C32H32FN5O3/c1-18-13-22(32(40)41)17-37(18)23-9-10-25(26(33)14-23)27-16-30-34-28(15-29(21-7-8-21)38(30)35-27)31(39)36-12-11-20-5-3-4-6-24(20)19(36)2/h3-6,9-10,14-16,18-19,21-22H,7-8,11-13,17H2,1-2H3,(H,40,41)/t18?,19-,22?/m1/s1. The third-order valence-corrected chi connectivity index (χ3v) is 9.01. The first-order valence-electron chi connectivity index (χ1n) is 14.4. The quantitative estimate of drug-likeness (QED) is 0.352. The molecule has 4 aromatic rings. The number of rotatable bonds is 5. The first-order valence-corrected chi connectivity index (χ1v) is 14.4. The number of hydrogen-bond donors (Lipinski definition) is 1. The maximum Gasteiger partial charge on any atom is 0.308 e. The Balaban J connectivity index is 1.21. The number of benzene rings is 2. The van der Waals surface area contributed by atoms with Crippen LogP contribution in [0.25, 0.3) is 16.9 Å². The van der Waals surface area contributed by atoms with E-state index in [4.69, 9.17) is 10.1 Å². The summed E-state index contributed by atoms with van der Waals surface area (Å²) in [4.78, 5) is 33.8. The molecule has 1 saturated carbocycles. The largest absolute Gasteiger partial charge is 0.481 e. The van der Waals surface area contributed by atoms with Crippen molar-refractivity contribution in [3.8, 4) is 11.3 Å². The van der Waals surface area contributed by atoms with E-state index in [1.54, 1.807) is 16.6 Å². The highest BCUT2D eigenvalue weighted by Crippen LogP contribution is 2.41. The van der Waals surface area contributed by atoms with E-state index in [1.807, 2.05) is 41.0 Å². The molecule has 2 unspecified atom stereocenters. The van der Waals surface area contributed by atoms with Crippen molar-refractivity contribution in [2.45, 2.75) is 57.5 Å². The lowest BCUT2D eigenvalue weighted by molar-refractivity contribution is -0.141. The molecule has 1 aliphatic carbocycles. The molecule has 210 valence electrons.